The Morgan fingerprint density at radius 3 is 1.01 bits per heavy atom. The molecule has 25 nitrogen and oxygen atoms in total. The van der Waals surface area contributed by atoms with Gasteiger partial charge in [-0.05, 0) is 57.8 Å². The number of hydrogen-bond donors (Lipinski definition) is 12. The molecule has 12 N–H and O–H groups in total. The zero-order chi connectivity index (χ0) is 51.6. The first kappa shape index (κ1) is 61.9. The van der Waals surface area contributed by atoms with Gasteiger partial charge in [0.1, 0.15) is 79.9 Å². The first-order chi connectivity index (χ1) is 33.5. The lowest BCUT2D eigenvalue weighted by atomic mass is 9.94. The Kier molecular flexibility index (Phi) is 29.6. The predicted octanol–water partition coefficient (Wildman–Crippen LogP) is -3.59. The Bertz CT molecular complexity index is 1390. The van der Waals surface area contributed by atoms with Crippen molar-refractivity contribution in [1.82, 2.24) is 16.0 Å². The van der Waals surface area contributed by atoms with E-state index in [1.54, 1.807) is 0 Å². The topological polar surface area (TPSA) is 362 Å². The van der Waals surface area contributed by atoms with Crippen molar-refractivity contribution >= 4 is 17.7 Å². The van der Waals surface area contributed by atoms with Gasteiger partial charge in [0.15, 0.2) is 18.9 Å². The van der Waals surface area contributed by atoms with Crippen LogP contribution in [0.5, 0.6) is 0 Å². The van der Waals surface area contributed by atoms with E-state index >= 15 is 0 Å². The maximum atomic E-state index is 11.7. The number of amides is 3. The number of aliphatic hydroxyl groups is 9. The van der Waals surface area contributed by atoms with Gasteiger partial charge in [-0.1, -0.05) is 6.92 Å². The van der Waals surface area contributed by atoms with Gasteiger partial charge in [0.2, 0.25) is 17.7 Å². The molecule has 9 unspecified atom stereocenters. The fourth-order valence-electron chi connectivity index (χ4n) is 8.04. The monoisotopic (exact) mass is 1020 g/mol. The van der Waals surface area contributed by atoms with E-state index in [0.29, 0.717) is 78.4 Å². The molecule has 3 fully saturated rings. The number of nitrogens with one attached hydrogen (secondary N) is 3. The molecule has 70 heavy (non-hydrogen) atoms. The first-order valence-corrected chi connectivity index (χ1v) is 24.3. The van der Waals surface area contributed by atoms with Gasteiger partial charge in [-0.2, -0.15) is 0 Å². The zero-order valence-electron chi connectivity index (χ0n) is 41.0. The smallest absolute Gasteiger partial charge is 0.217 e. The second kappa shape index (κ2) is 33.5. The van der Waals surface area contributed by atoms with Gasteiger partial charge in [-0.15, -0.1) is 0 Å². The summed E-state index contributed by atoms with van der Waals surface area (Å²) in [7, 11) is 0. The highest BCUT2D eigenvalue weighted by atomic mass is 16.8. The Morgan fingerprint density at radius 1 is 0.429 bits per heavy atom. The Morgan fingerprint density at radius 2 is 0.714 bits per heavy atom. The number of rotatable bonds is 35. The minimum absolute atomic E-state index is 0.213. The van der Waals surface area contributed by atoms with E-state index in [1.165, 1.54) is 20.8 Å². The van der Waals surface area contributed by atoms with Crippen molar-refractivity contribution in [3.05, 3.63) is 0 Å². The molecule has 3 aliphatic rings. The van der Waals surface area contributed by atoms with Gasteiger partial charge in [0.25, 0.3) is 0 Å². The summed E-state index contributed by atoms with van der Waals surface area (Å²) in [5.41, 5.74) is -0.501. The average molecular weight is 1020 g/mol. The molecule has 3 saturated heterocycles. The molecule has 0 saturated carbocycles. The third-order valence-electron chi connectivity index (χ3n) is 11.9. The molecule has 15 atom stereocenters. The van der Waals surface area contributed by atoms with Gasteiger partial charge in [-0.3, -0.25) is 14.4 Å². The quantitative estimate of drug-likeness (QED) is 0.0216. The molecule has 0 bridgehead atoms. The Labute approximate surface area is 409 Å². The van der Waals surface area contributed by atoms with E-state index in [1.807, 2.05) is 6.92 Å². The highest BCUT2D eigenvalue weighted by Gasteiger charge is 2.47. The molecule has 0 aliphatic carbocycles. The highest BCUT2D eigenvalue weighted by molar-refractivity contribution is 5.74. The van der Waals surface area contributed by atoms with E-state index in [-0.39, 0.29) is 20.0 Å². The van der Waals surface area contributed by atoms with Crippen molar-refractivity contribution in [1.29, 1.82) is 0 Å². The van der Waals surface area contributed by atoms with Crippen molar-refractivity contribution in [3.63, 3.8) is 0 Å². The SMILES string of the molecule is CC(=O)NC1C(O)[C@@H](O)C(CO)O[C@H]1OCCCCCOCC(C)(COCCCCCOCO[C@@H]1OC(CO)[C@H](O)C(O)C1NC(C)=O)COCCCCCO[C@@H]1OC(CO)[C@H](O)C(O)C1NC(C)=O. The van der Waals surface area contributed by atoms with Crippen LogP contribution in [0.2, 0.25) is 0 Å². The maximum absolute atomic E-state index is 11.7. The van der Waals surface area contributed by atoms with Gasteiger partial charge >= 0.3 is 0 Å². The second-order valence-electron chi connectivity index (χ2n) is 18.4. The lowest BCUT2D eigenvalue weighted by Gasteiger charge is -2.42. The van der Waals surface area contributed by atoms with Gasteiger partial charge in [0.05, 0.1) is 39.6 Å². The van der Waals surface area contributed by atoms with Gasteiger partial charge < -0.3 is 109 Å². The largest absolute Gasteiger partial charge is 0.394 e. The van der Waals surface area contributed by atoms with Crippen LogP contribution in [-0.2, 0) is 61.8 Å². The minimum atomic E-state index is -1.42. The minimum Gasteiger partial charge on any atom is -0.394 e. The molecule has 3 amide bonds. The second-order valence-corrected chi connectivity index (χ2v) is 18.4. The summed E-state index contributed by atoms with van der Waals surface area (Å²) in [4.78, 5) is 35.1. The Hall–Kier alpha value is -2.35. The van der Waals surface area contributed by atoms with Crippen LogP contribution in [0, 0.1) is 5.41 Å². The molecule has 0 radical (unpaired) electrons. The standard InChI is InChI=1S/C45H83N3O22/c1-27(52)46-33-39(58)36(55)30(20-49)68-42(33)65-18-12-6-9-15-62-24-45(4,25-63-16-10-7-13-19-66-43-34(47-28(2)53)40(59)37(56)31(21-50)69-43)23-61-14-8-5-11-17-64-26-67-44-35(48-29(3)54)41(60)38(57)32(22-51)70-44/h30-44,49-51,55-60H,5-26H2,1-4H3,(H,46,52)(H,47,53)(H,48,54)/t30?,31?,32?,33?,34?,35?,36-,37-,38-,39?,40?,41?,42+,43+,44+,45?/m0/s1. The summed E-state index contributed by atoms with van der Waals surface area (Å²) < 4.78 is 57.8. The molecular weight excluding hydrogens is 934 g/mol. The summed E-state index contributed by atoms with van der Waals surface area (Å²) in [5.74, 6) is -1.33. The van der Waals surface area contributed by atoms with Crippen LogP contribution >= 0.6 is 0 Å². The van der Waals surface area contributed by atoms with Crippen LogP contribution in [-0.4, -0.2) is 242 Å². The molecule has 3 rings (SSSR count). The van der Waals surface area contributed by atoms with Gasteiger partial charge in [0, 0.05) is 65.8 Å². The maximum Gasteiger partial charge on any atom is 0.217 e. The van der Waals surface area contributed by atoms with Crippen molar-refractivity contribution in [2.24, 2.45) is 5.41 Å². The molecule has 0 aromatic heterocycles. The third-order valence-corrected chi connectivity index (χ3v) is 11.9. The van der Waals surface area contributed by atoms with Crippen LogP contribution in [0.15, 0.2) is 0 Å². The summed E-state index contributed by atoms with van der Waals surface area (Å²) >= 11 is 0. The average Bonchev–Trinajstić information content (AvgIpc) is 3.32. The van der Waals surface area contributed by atoms with Crippen LogP contribution in [0.4, 0.5) is 0 Å². The third kappa shape index (κ3) is 21.2. The molecule has 25 heteroatoms. The highest BCUT2D eigenvalue weighted by Crippen LogP contribution is 2.26. The van der Waals surface area contributed by atoms with Crippen molar-refractivity contribution < 1.29 is 108 Å². The van der Waals surface area contributed by atoms with Crippen LogP contribution < -0.4 is 16.0 Å². The summed E-state index contributed by atoms with van der Waals surface area (Å²) in [6.45, 7) is 7.16. The first-order valence-electron chi connectivity index (χ1n) is 24.3. The predicted molar refractivity (Wildman–Crippen MR) is 242 cm³/mol. The van der Waals surface area contributed by atoms with Crippen molar-refractivity contribution in [2.45, 2.75) is 177 Å². The molecule has 3 aliphatic heterocycles. The normalized spacial score (nSPS) is 32.3. The fourth-order valence-corrected chi connectivity index (χ4v) is 8.04. The summed E-state index contributed by atoms with van der Waals surface area (Å²) in [6.07, 6.45) is -8.65. The fraction of sp³-hybridized carbons (Fsp3) is 0.933. The van der Waals surface area contributed by atoms with Crippen LogP contribution in [0.1, 0.15) is 85.5 Å². The van der Waals surface area contributed by atoms with Crippen molar-refractivity contribution in [3.8, 4) is 0 Å². The number of aliphatic hydroxyl groups excluding tert-OH is 9. The summed E-state index contributed by atoms with van der Waals surface area (Å²) in [6, 6.07) is -3.09. The van der Waals surface area contributed by atoms with E-state index in [9.17, 15) is 60.3 Å². The lowest BCUT2D eigenvalue weighted by molar-refractivity contribution is -0.288. The van der Waals surface area contributed by atoms with E-state index in [0.717, 1.165) is 25.7 Å². The van der Waals surface area contributed by atoms with E-state index in [2.05, 4.69) is 16.0 Å². The van der Waals surface area contributed by atoms with E-state index in [4.69, 9.17) is 47.4 Å². The summed E-state index contributed by atoms with van der Waals surface area (Å²) in [5, 5.41) is 98.3. The molecule has 0 aromatic carbocycles. The number of unbranched alkanes of at least 4 members (excludes halogenated alkanes) is 6. The van der Waals surface area contributed by atoms with Crippen LogP contribution in [0.3, 0.4) is 0 Å². The number of hydrogen-bond acceptors (Lipinski definition) is 22. The molecular formula is C45H83N3O22. The van der Waals surface area contributed by atoms with Gasteiger partial charge in [-0.25, -0.2) is 0 Å². The lowest BCUT2D eigenvalue weighted by Crippen LogP contribution is -2.64. The van der Waals surface area contributed by atoms with Crippen molar-refractivity contribution in [2.75, 3.05) is 86.1 Å². The zero-order valence-corrected chi connectivity index (χ0v) is 41.0. The molecule has 3 heterocycles. The number of carbonyl (C=O) groups is 3. The molecule has 0 spiro atoms. The molecule has 410 valence electrons. The van der Waals surface area contributed by atoms with Crippen LogP contribution in [0.25, 0.3) is 0 Å². The number of carbonyl (C=O) groups excluding carboxylic acids is 3. The van der Waals surface area contributed by atoms with E-state index < -0.39 is 135 Å². The Balaban J connectivity index is 1.39. The molecule has 0 aromatic rings. The number of ether oxygens (including phenoxy) is 10.